The summed E-state index contributed by atoms with van der Waals surface area (Å²) in [6, 6.07) is -0.589. The molecule has 2 saturated heterocycles. The first-order valence-electron chi connectivity index (χ1n) is 4.97. The summed E-state index contributed by atoms with van der Waals surface area (Å²) in [5, 5.41) is 11.9. The molecule has 0 aromatic carbocycles. The Hall–Kier alpha value is -0.840. The first-order chi connectivity index (χ1) is 6.65. The van der Waals surface area contributed by atoms with Crippen molar-refractivity contribution >= 4 is 6.09 Å². The van der Waals surface area contributed by atoms with Crippen LogP contribution in [0.1, 0.15) is 19.3 Å². The van der Waals surface area contributed by atoms with Crippen LogP contribution in [0.4, 0.5) is 9.18 Å². The van der Waals surface area contributed by atoms with E-state index in [1.165, 1.54) is 4.90 Å². The molecule has 0 aromatic rings. The molecule has 1 amide bonds. The molecular weight excluding hydrogens is 187 g/mol. The van der Waals surface area contributed by atoms with Crippen LogP contribution in [-0.2, 0) is 0 Å². The Balaban J connectivity index is 2.18. The van der Waals surface area contributed by atoms with Crippen molar-refractivity contribution in [2.75, 3.05) is 7.05 Å². The predicted molar refractivity (Wildman–Crippen MR) is 49.0 cm³/mol. The highest BCUT2D eigenvalue weighted by atomic mass is 19.1. The van der Waals surface area contributed by atoms with Crippen LogP contribution in [0.5, 0.6) is 0 Å². The van der Waals surface area contributed by atoms with Crippen molar-refractivity contribution in [3.05, 3.63) is 0 Å². The van der Waals surface area contributed by atoms with Crippen molar-refractivity contribution in [3.8, 4) is 0 Å². The Labute approximate surface area is 82.1 Å². The number of carbonyl (C=O) groups is 1. The van der Waals surface area contributed by atoms with E-state index in [-0.39, 0.29) is 12.1 Å². The summed E-state index contributed by atoms with van der Waals surface area (Å²) in [6.45, 7) is 0. The van der Waals surface area contributed by atoms with E-state index >= 15 is 0 Å². The van der Waals surface area contributed by atoms with E-state index in [1.54, 1.807) is 7.05 Å². The van der Waals surface area contributed by atoms with Crippen LogP contribution in [0.25, 0.3) is 0 Å². The van der Waals surface area contributed by atoms with Crippen LogP contribution in [0.2, 0.25) is 0 Å². The van der Waals surface area contributed by atoms with Crippen LogP contribution >= 0.6 is 0 Å². The SMILES string of the molecule is CN[C@H]1C[C@@H]2CC[C@H]([C@H]1F)N2C(=O)O. The highest BCUT2D eigenvalue weighted by Crippen LogP contribution is 2.37. The Morgan fingerprint density at radius 1 is 1.57 bits per heavy atom. The van der Waals surface area contributed by atoms with Crippen molar-refractivity contribution in [1.29, 1.82) is 0 Å². The summed E-state index contributed by atoms with van der Waals surface area (Å²) in [5.74, 6) is 0. The monoisotopic (exact) mass is 202 g/mol. The molecule has 0 unspecified atom stereocenters. The molecule has 2 heterocycles. The topological polar surface area (TPSA) is 52.6 Å². The lowest BCUT2D eigenvalue weighted by Gasteiger charge is -2.39. The molecule has 2 fully saturated rings. The molecule has 2 bridgehead atoms. The van der Waals surface area contributed by atoms with Gasteiger partial charge in [-0.05, 0) is 26.3 Å². The van der Waals surface area contributed by atoms with Gasteiger partial charge in [-0.1, -0.05) is 0 Å². The predicted octanol–water partition coefficient (Wildman–Crippen LogP) is 0.827. The standard InChI is InChI=1S/C9H15FN2O2/c1-11-6-4-5-2-3-7(8(6)10)12(5)9(13)14/h5-8,11H,2-4H2,1H3,(H,13,14)/t5-,6-,7+,8-/m0/s1. The van der Waals surface area contributed by atoms with Gasteiger partial charge in [-0.15, -0.1) is 0 Å². The highest BCUT2D eigenvalue weighted by molar-refractivity contribution is 5.66. The molecule has 2 rings (SSSR count). The van der Waals surface area contributed by atoms with Crippen molar-refractivity contribution in [2.45, 2.75) is 43.6 Å². The summed E-state index contributed by atoms with van der Waals surface area (Å²) in [4.78, 5) is 12.2. The van der Waals surface area contributed by atoms with Gasteiger partial charge in [0.25, 0.3) is 0 Å². The molecule has 0 radical (unpaired) electrons. The van der Waals surface area contributed by atoms with Crippen LogP contribution in [-0.4, -0.2) is 47.4 Å². The summed E-state index contributed by atoms with van der Waals surface area (Å²) in [5.41, 5.74) is 0. The lowest BCUT2D eigenvalue weighted by atomic mass is 9.96. The number of alkyl halides is 1. The third-order valence-electron chi connectivity index (χ3n) is 3.42. The molecule has 5 heteroatoms. The fourth-order valence-electron chi connectivity index (χ4n) is 2.72. The minimum Gasteiger partial charge on any atom is -0.465 e. The molecule has 14 heavy (non-hydrogen) atoms. The van der Waals surface area contributed by atoms with Gasteiger partial charge in [0.2, 0.25) is 0 Å². The smallest absolute Gasteiger partial charge is 0.407 e. The summed E-state index contributed by atoms with van der Waals surface area (Å²) in [7, 11) is 1.73. The van der Waals surface area contributed by atoms with Gasteiger partial charge in [-0.25, -0.2) is 9.18 Å². The fraction of sp³-hybridized carbons (Fsp3) is 0.889. The van der Waals surface area contributed by atoms with E-state index in [4.69, 9.17) is 5.11 Å². The molecule has 80 valence electrons. The zero-order chi connectivity index (χ0) is 10.3. The second-order valence-corrected chi connectivity index (χ2v) is 4.06. The molecule has 2 aliphatic rings. The van der Waals surface area contributed by atoms with Crippen LogP contribution in [0.15, 0.2) is 0 Å². The number of nitrogens with one attached hydrogen (secondary N) is 1. The molecule has 2 aliphatic heterocycles. The van der Waals surface area contributed by atoms with E-state index in [2.05, 4.69) is 5.32 Å². The third kappa shape index (κ3) is 1.27. The van der Waals surface area contributed by atoms with Crippen LogP contribution in [0, 0.1) is 0 Å². The van der Waals surface area contributed by atoms with E-state index < -0.39 is 18.3 Å². The minimum atomic E-state index is -1.06. The van der Waals surface area contributed by atoms with Gasteiger partial charge in [-0.2, -0.15) is 0 Å². The number of fused-ring (bicyclic) bond motifs is 2. The van der Waals surface area contributed by atoms with Crippen LogP contribution < -0.4 is 5.32 Å². The fourth-order valence-corrected chi connectivity index (χ4v) is 2.72. The van der Waals surface area contributed by atoms with Gasteiger partial charge in [0.1, 0.15) is 6.17 Å². The summed E-state index contributed by atoms with van der Waals surface area (Å²) >= 11 is 0. The Morgan fingerprint density at radius 3 is 2.86 bits per heavy atom. The maximum atomic E-state index is 13.8. The molecule has 2 N–H and O–H groups in total. The number of amides is 1. The van der Waals surface area contributed by atoms with Gasteiger partial charge >= 0.3 is 6.09 Å². The number of hydrogen-bond donors (Lipinski definition) is 2. The third-order valence-corrected chi connectivity index (χ3v) is 3.42. The van der Waals surface area contributed by atoms with Crippen molar-refractivity contribution in [3.63, 3.8) is 0 Å². The Bertz CT molecular complexity index is 249. The maximum absolute atomic E-state index is 13.8. The quantitative estimate of drug-likeness (QED) is 0.662. The molecular formula is C9H15FN2O2. The normalized spacial score (nSPS) is 41.4. The highest BCUT2D eigenvalue weighted by Gasteiger charge is 2.49. The zero-order valence-corrected chi connectivity index (χ0v) is 8.11. The van der Waals surface area contributed by atoms with E-state index in [1.807, 2.05) is 0 Å². The van der Waals surface area contributed by atoms with E-state index in [9.17, 15) is 9.18 Å². The van der Waals surface area contributed by atoms with Crippen molar-refractivity contribution < 1.29 is 14.3 Å². The van der Waals surface area contributed by atoms with Gasteiger partial charge in [0.05, 0.1) is 6.04 Å². The molecule has 4 atom stereocenters. The number of piperidine rings is 1. The first-order valence-corrected chi connectivity index (χ1v) is 4.97. The van der Waals surface area contributed by atoms with Gasteiger partial charge < -0.3 is 10.4 Å². The average Bonchev–Trinajstić information content (AvgIpc) is 2.50. The summed E-state index contributed by atoms with van der Waals surface area (Å²) < 4.78 is 13.8. The Kier molecular flexibility index (Phi) is 2.34. The van der Waals surface area contributed by atoms with Crippen molar-refractivity contribution in [2.24, 2.45) is 0 Å². The number of hydrogen-bond acceptors (Lipinski definition) is 2. The second-order valence-electron chi connectivity index (χ2n) is 4.06. The molecule has 4 nitrogen and oxygen atoms in total. The van der Waals surface area contributed by atoms with Gasteiger partial charge in [0, 0.05) is 12.1 Å². The minimum absolute atomic E-state index is 0.0157. The van der Waals surface area contributed by atoms with Crippen LogP contribution in [0.3, 0.4) is 0 Å². The van der Waals surface area contributed by atoms with Crippen molar-refractivity contribution in [1.82, 2.24) is 10.2 Å². The molecule has 0 aromatic heterocycles. The molecule has 0 saturated carbocycles. The van der Waals surface area contributed by atoms with Gasteiger partial charge in [0.15, 0.2) is 0 Å². The molecule has 0 aliphatic carbocycles. The first kappa shape index (κ1) is 9.71. The number of carboxylic acid groups (broad SMARTS) is 1. The number of rotatable bonds is 1. The molecule has 0 spiro atoms. The zero-order valence-electron chi connectivity index (χ0n) is 8.11. The Morgan fingerprint density at radius 2 is 2.29 bits per heavy atom. The average molecular weight is 202 g/mol. The van der Waals surface area contributed by atoms with Gasteiger partial charge in [-0.3, -0.25) is 4.90 Å². The lowest BCUT2D eigenvalue weighted by Crippen LogP contribution is -2.57. The number of halogens is 1. The second kappa shape index (κ2) is 3.38. The lowest BCUT2D eigenvalue weighted by molar-refractivity contribution is 0.0430. The van der Waals surface area contributed by atoms with E-state index in [0.717, 1.165) is 6.42 Å². The number of nitrogens with zero attached hydrogens (tertiary/aromatic N) is 1. The largest absolute Gasteiger partial charge is 0.465 e. The van der Waals surface area contributed by atoms with E-state index in [0.29, 0.717) is 12.8 Å². The maximum Gasteiger partial charge on any atom is 0.407 e. The summed E-state index contributed by atoms with van der Waals surface area (Å²) in [6.07, 6.45) is 0.0244.